The summed E-state index contributed by atoms with van der Waals surface area (Å²) in [7, 11) is 0. The zero-order chi connectivity index (χ0) is 38.9. The molecule has 0 saturated heterocycles. The average Bonchev–Trinajstić information content (AvgIpc) is 3.78. The molecule has 1 aliphatic rings. The van der Waals surface area contributed by atoms with E-state index in [0.29, 0.717) is 0 Å². The Morgan fingerprint density at radius 1 is 0.322 bits per heavy atom. The van der Waals surface area contributed by atoms with Crippen molar-refractivity contribution in [2.75, 3.05) is 4.90 Å². The average molecular weight is 751 g/mol. The first kappa shape index (κ1) is 33.5. The van der Waals surface area contributed by atoms with Crippen molar-refractivity contribution in [2.24, 2.45) is 0 Å². The van der Waals surface area contributed by atoms with Crippen LogP contribution in [0.25, 0.3) is 60.2 Å². The van der Waals surface area contributed by atoms with Crippen LogP contribution >= 0.6 is 0 Å². The van der Waals surface area contributed by atoms with Crippen LogP contribution in [0.1, 0.15) is 22.3 Å². The highest BCUT2D eigenvalue weighted by Gasteiger charge is 2.46. The molecule has 0 fully saturated rings. The number of para-hydroxylation sites is 2. The van der Waals surface area contributed by atoms with Gasteiger partial charge in [0.2, 0.25) is 0 Å². The molecular formula is C57H38N2. The van der Waals surface area contributed by atoms with Gasteiger partial charge in [-0.05, 0) is 122 Å². The fourth-order valence-electron chi connectivity index (χ4n) is 10.0. The Kier molecular flexibility index (Phi) is 7.48. The van der Waals surface area contributed by atoms with Crippen molar-refractivity contribution in [3.05, 3.63) is 253 Å². The molecule has 11 aromatic rings. The van der Waals surface area contributed by atoms with Crippen LogP contribution in [-0.2, 0) is 5.41 Å². The van der Waals surface area contributed by atoms with E-state index >= 15 is 0 Å². The molecule has 276 valence electrons. The smallest absolute Gasteiger partial charge is 0.0714 e. The van der Waals surface area contributed by atoms with E-state index in [2.05, 4.69) is 240 Å². The third kappa shape index (κ3) is 5.06. The van der Waals surface area contributed by atoms with Crippen LogP contribution in [0.15, 0.2) is 231 Å². The standard InChI is InChI=1S/C57H38N2/c1-4-20-43(21-5-1)57(44-22-6-2-7-23-44)53-36-42-19-13-12-18-41(42)35-52(53)49-32-30-47(37-54(49)57)58(45-24-8-3-9-25-45)48-31-33-51-50-26-14-15-27-55(50)59(56(51)38-48)46-29-28-39-16-10-11-17-40(39)34-46/h1-38H. The first-order chi connectivity index (χ1) is 29.3. The summed E-state index contributed by atoms with van der Waals surface area (Å²) >= 11 is 0. The Bertz CT molecular complexity index is 3340. The molecule has 0 bridgehead atoms. The maximum Gasteiger partial charge on any atom is 0.0714 e. The predicted molar refractivity (Wildman–Crippen MR) is 248 cm³/mol. The van der Waals surface area contributed by atoms with Crippen LogP contribution in [0.3, 0.4) is 0 Å². The SMILES string of the molecule is c1ccc(N(c2ccc3c(c2)C(c2ccccc2)(c2ccccc2)c2cc4ccccc4cc2-3)c2ccc3c4ccccc4n(-c4ccc5ccccc5c4)c3c2)cc1. The molecule has 1 heterocycles. The second-order valence-corrected chi connectivity index (χ2v) is 15.7. The molecule has 10 aromatic carbocycles. The van der Waals surface area contributed by atoms with Gasteiger partial charge in [0.05, 0.1) is 16.4 Å². The summed E-state index contributed by atoms with van der Waals surface area (Å²) in [5, 5.41) is 7.43. The van der Waals surface area contributed by atoms with Crippen molar-refractivity contribution in [2.45, 2.75) is 5.41 Å². The molecule has 0 saturated carbocycles. The number of aromatic nitrogens is 1. The second-order valence-electron chi connectivity index (χ2n) is 15.7. The van der Waals surface area contributed by atoms with E-state index in [1.165, 1.54) is 76.7 Å². The highest BCUT2D eigenvalue weighted by molar-refractivity contribution is 6.11. The predicted octanol–water partition coefficient (Wildman–Crippen LogP) is 14.9. The lowest BCUT2D eigenvalue weighted by Crippen LogP contribution is -2.28. The number of hydrogen-bond acceptors (Lipinski definition) is 1. The molecule has 2 heteroatoms. The van der Waals surface area contributed by atoms with Crippen LogP contribution in [0.5, 0.6) is 0 Å². The molecule has 1 aromatic heterocycles. The number of hydrogen-bond donors (Lipinski definition) is 0. The van der Waals surface area contributed by atoms with E-state index in [0.717, 1.165) is 22.7 Å². The lowest BCUT2D eigenvalue weighted by Gasteiger charge is -2.35. The van der Waals surface area contributed by atoms with Crippen LogP contribution in [0.2, 0.25) is 0 Å². The molecule has 0 N–H and O–H groups in total. The minimum atomic E-state index is -0.540. The van der Waals surface area contributed by atoms with Crippen molar-refractivity contribution in [1.29, 1.82) is 0 Å². The van der Waals surface area contributed by atoms with Gasteiger partial charge in [-0.25, -0.2) is 0 Å². The van der Waals surface area contributed by atoms with Gasteiger partial charge >= 0.3 is 0 Å². The number of rotatable bonds is 6. The number of benzene rings is 10. The zero-order valence-electron chi connectivity index (χ0n) is 32.3. The van der Waals surface area contributed by atoms with E-state index in [1.807, 2.05) is 0 Å². The van der Waals surface area contributed by atoms with Crippen LogP contribution in [0.4, 0.5) is 17.1 Å². The Labute approximate surface area is 343 Å². The van der Waals surface area contributed by atoms with E-state index in [1.54, 1.807) is 0 Å². The molecule has 59 heavy (non-hydrogen) atoms. The molecule has 1 aliphatic carbocycles. The molecular weight excluding hydrogens is 713 g/mol. The third-order valence-electron chi connectivity index (χ3n) is 12.6. The van der Waals surface area contributed by atoms with Crippen LogP contribution in [0, 0.1) is 0 Å². The van der Waals surface area contributed by atoms with Gasteiger partial charge in [-0.2, -0.15) is 0 Å². The lowest BCUT2D eigenvalue weighted by atomic mass is 9.67. The van der Waals surface area contributed by atoms with E-state index in [-0.39, 0.29) is 0 Å². The van der Waals surface area contributed by atoms with Gasteiger partial charge in [0.25, 0.3) is 0 Å². The maximum absolute atomic E-state index is 2.47. The van der Waals surface area contributed by atoms with Gasteiger partial charge in [-0.3, -0.25) is 0 Å². The molecule has 0 aliphatic heterocycles. The highest BCUT2D eigenvalue weighted by Crippen LogP contribution is 2.58. The molecule has 0 radical (unpaired) electrons. The number of fused-ring (bicyclic) bond motifs is 8. The topological polar surface area (TPSA) is 8.17 Å². The van der Waals surface area contributed by atoms with Crippen LogP contribution < -0.4 is 4.90 Å². The summed E-state index contributed by atoms with van der Waals surface area (Å²) in [4.78, 5) is 2.43. The fourth-order valence-corrected chi connectivity index (χ4v) is 10.0. The highest BCUT2D eigenvalue weighted by atomic mass is 15.1. The van der Waals surface area contributed by atoms with Gasteiger partial charge in [0.1, 0.15) is 0 Å². The van der Waals surface area contributed by atoms with Gasteiger partial charge in [0, 0.05) is 33.5 Å². The fraction of sp³-hybridized carbons (Fsp3) is 0.0175. The van der Waals surface area contributed by atoms with Crippen molar-refractivity contribution < 1.29 is 0 Å². The molecule has 0 amide bonds. The van der Waals surface area contributed by atoms with Crippen LogP contribution in [-0.4, -0.2) is 4.57 Å². The van der Waals surface area contributed by atoms with Gasteiger partial charge in [0.15, 0.2) is 0 Å². The minimum Gasteiger partial charge on any atom is -0.310 e. The summed E-state index contributed by atoms with van der Waals surface area (Å²) in [5.41, 5.74) is 13.9. The van der Waals surface area contributed by atoms with Gasteiger partial charge in [-0.15, -0.1) is 0 Å². The lowest BCUT2D eigenvalue weighted by molar-refractivity contribution is 0.769. The summed E-state index contributed by atoms with van der Waals surface area (Å²) in [5.74, 6) is 0. The van der Waals surface area contributed by atoms with Crippen molar-refractivity contribution in [3.8, 4) is 16.8 Å². The first-order valence-electron chi connectivity index (χ1n) is 20.4. The third-order valence-corrected chi connectivity index (χ3v) is 12.6. The van der Waals surface area contributed by atoms with Crippen molar-refractivity contribution in [3.63, 3.8) is 0 Å². The second kappa shape index (κ2) is 13.2. The monoisotopic (exact) mass is 750 g/mol. The Hall–Kier alpha value is -7.68. The molecule has 12 rings (SSSR count). The summed E-state index contributed by atoms with van der Waals surface area (Å²) in [6.07, 6.45) is 0. The molecule has 0 unspecified atom stereocenters. The van der Waals surface area contributed by atoms with Gasteiger partial charge < -0.3 is 9.47 Å². The molecule has 0 atom stereocenters. The van der Waals surface area contributed by atoms with E-state index in [4.69, 9.17) is 0 Å². The summed E-state index contributed by atoms with van der Waals surface area (Å²) < 4.78 is 2.43. The normalized spacial score (nSPS) is 12.9. The van der Waals surface area contributed by atoms with Crippen molar-refractivity contribution in [1.82, 2.24) is 4.57 Å². The Morgan fingerprint density at radius 3 is 1.59 bits per heavy atom. The Morgan fingerprint density at radius 2 is 0.864 bits per heavy atom. The minimum absolute atomic E-state index is 0.540. The summed E-state index contributed by atoms with van der Waals surface area (Å²) in [6.45, 7) is 0. The number of anilines is 3. The van der Waals surface area contributed by atoms with Gasteiger partial charge in [-0.1, -0.05) is 164 Å². The van der Waals surface area contributed by atoms with E-state index < -0.39 is 5.41 Å². The summed E-state index contributed by atoms with van der Waals surface area (Å²) in [6, 6.07) is 85.0. The molecule has 2 nitrogen and oxygen atoms in total. The quantitative estimate of drug-likeness (QED) is 0.164. The number of nitrogens with zero attached hydrogens (tertiary/aromatic N) is 2. The largest absolute Gasteiger partial charge is 0.310 e. The maximum atomic E-state index is 2.47. The molecule has 0 spiro atoms. The first-order valence-corrected chi connectivity index (χ1v) is 20.4. The Balaban J connectivity index is 1.13. The van der Waals surface area contributed by atoms with E-state index in [9.17, 15) is 0 Å². The van der Waals surface area contributed by atoms with Crippen molar-refractivity contribution >= 4 is 60.4 Å². The zero-order valence-corrected chi connectivity index (χ0v) is 32.3.